The summed E-state index contributed by atoms with van der Waals surface area (Å²) in [6.45, 7) is 2.09. The molecule has 0 radical (unpaired) electrons. The zero-order chi connectivity index (χ0) is 13.0. The molecule has 92 valence electrons. The van der Waals surface area contributed by atoms with Crippen LogP contribution in [0.2, 0.25) is 0 Å². The molecule has 4 heteroatoms. The van der Waals surface area contributed by atoms with E-state index < -0.39 is 5.97 Å². The molecule has 18 heavy (non-hydrogen) atoms. The molecule has 1 aromatic heterocycles. The summed E-state index contributed by atoms with van der Waals surface area (Å²) in [5, 5.41) is 2.42. The lowest BCUT2D eigenvalue weighted by atomic mass is 10.1. The summed E-state index contributed by atoms with van der Waals surface area (Å²) < 4.78 is 4.81. The molecule has 0 aliphatic heterocycles. The average Bonchev–Trinajstić information content (AvgIpc) is 2.38. The van der Waals surface area contributed by atoms with Gasteiger partial charge < -0.3 is 4.74 Å². The van der Waals surface area contributed by atoms with Crippen LogP contribution in [0.15, 0.2) is 42.7 Å². The maximum absolute atomic E-state index is 11.3. The molecular weight excluding hydrogens is 250 g/mol. The normalized spacial score (nSPS) is 11.6. The molecule has 0 aliphatic rings. The molecular formula is C14H12ClNO2. The second-order valence-corrected chi connectivity index (χ2v) is 4.09. The van der Waals surface area contributed by atoms with Gasteiger partial charge in [0.2, 0.25) is 0 Å². The first kappa shape index (κ1) is 12.6. The maximum Gasteiger partial charge on any atom is 0.332 e. The average molecular weight is 262 g/mol. The van der Waals surface area contributed by atoms with Gasteiger partial charge in [-0.3, -0.25) is 4.98 Å². The highest BCUT2D eigenvalue weighted by atomic mass is 35.5. The number of nitrogens with zero attached hydrogens (tertiary/aromatic N) is 1. The number of pyridine rings is 1. The van der Waals surface area contributed by atoms with Gasteiger partial charge in [-0.15, -0.1) is 0 Å². The Kier molecular flexibility index (Phi) is 3.95. The summed E-state index contributed by atoms with van der Waals surface area (Å²) in [6.07, 6.45) is 4.77. The summed E-state index contributed by atoms with van der Waals surface area (Å²) >= 11 is 6.08. The van der Waals surface area contributed by atoms with Crippen molar-refractivity contribution < 1.29 is 9.53 Å². The van der Waals surface area contributed by atoms with Gasteiger partial charge in [-0.05, 0) is 30.0 Å². The number of carbonyl (C=O) groups excluding carboxylic acids is 1. The molecule has 0 atom stereocenters. The quantitative estimate of drug-likeness (QED) is 0.628. The number of halogens is 1. The van der Waals surface area contributed by atoms with Crippen LogP contribution in [0.5, 0.6) is 0 Å². The Morgan fingerprint density at radius 1 is 1.39 bits per heavy atom. The maximum atomic E-state index is 11.3. The van der Waals surface area contributed by atoms with E-state index >= 15 is 0 Å². The molecule has 0 saturated carbocycles. The molecule has 3 nitrogen and oxygen atoms in total. The van der Waals surface area contributed by atoms with Gasteiger partial charge in [0, 0.05) is 23.9 Å². The highest BCUT2D eigenvalue weighted by Gasteiger charge is 2.04. The third kappa shape index (κ3) is 2.87. The predicted molar refractivity (Wildman–Crippen MR) is 72.2 cm³/mol. The number of ether oxygens (including phenoxy) is 1. The van der Waals surface area contributed by atoms with Crippen LogP contribution in [0.3, 0.4) is 0 Å². The Balaban J connectivity index is 2.33. The van der Waals surface area contributed by atoms with Crippen LogP contribution in [-0.2, 0) is 9.53 Å². The predicted octanol–water partition coefficient (Wildman–Crippen LogP) is 3.38. The van der Waals surface area contributed by atoms with Gasteiger partial charge in [-0.1, -0.05) is 23.7 Å². The minimum absolute atomic E-state index is 0.334. The topological polar surface area (TPSA) is 39.2 Å². The van der Waals surface area contributed by atoms with Crippen LogP contribution < -0.4 is 0 Å². The second kappa shape index (κ2) is 5.65. The van der Waals surface area contributed by atoms with Gasteiger partial charge in [0.05, 0.1) is 11.6 Å². The molecule has 0 spiro atoms. The van der Waals surface area contributed by atoms with E-state index in [9.17, 15) is 4.79 Å². The SMILES string of the molecule is CCOC(=O)/C=C(/Cl)c1ccc2ccncc2c1. The van der Waals surface area contributed by atoms with Crippen molar-refractivity contribution >= 4 is 33.4 Å². The Labute approximate surface area is 110 Å². The van der Waals surface area contributed by atoms with E-state index in [1.807, 2.05) is 24.3 Å². The highest BCUT2D eigenvalue weighted by Crippen LogP contribution is 2.23. The third-order valence-corrected chi connectivity index (χ3v) is 2.77. The number of benzene rings is 1. The zero-order valence-corrected chi connectivity index (χ0v) is 10.6. The largest absolute Gasteiger partial charge is 0.463 e. The molecule has 1 aromatic carbocycles. The molecule has 0 N–H and O–H groups in total. The number of esters is 1. The van der Waals surface area contributed by atoms with Crippen molar-refractivity contribution in [2.75, 3.05) is 6.61 Å². The number of carbonyl (C=O) groups is 1. The van der Waals surface area contributed by atoms with E-state index in [0.29, 0.717) is 11.6 Å². The molecule has 2 rings (SSSR count). The molecule has 0 saturated heterocycles. The molecule has 0 amide bonds. The van der Waals surface area contributed by atoms with Gasteiger partial charge in [0.1, 0.15) is 0 Å². The first-order chi connectivity index (χ1) is 8.70. The Hall–Kier alpha value is -1.87. The third-order valence-electron chi connectivity index (χ3n) is 2.45. The van der Waals surface area contributed by atoms with Gasteiger partial charge in [0.15, 0.2) is 0 Å². The van der Waals surface area contributed by atoms with E-state index in [1.165, 1.54) is 6.08 Å². The van der Waals surface area contributed by atoms with Crippen molar-refractivity contribution in [2.45, 2.75) is 6.92 Å². The lowest BCUT2D eigenvalue weighted by Crippen LogP contribution is -1.99. The first-order valence-electron chi connectivity index (χ1n) is 5.59. The molecule has 0 unspecified atom stereocenters. The molecule has 0 aliphatic carbocycles. The van der Waals surface area contributed by atoms with Gasteiger partial charge in [0.25, 0.3) is 0 Å². The van der Waals surface area contributed by atoms with Crippen molar-refractivity contribution in [3.05, 3.63) is 48.3 Å². The fourth-order valence-corrected chi connectivity index (χ4v) is 1.81. The number of hydrogen-bond acceptors (Lipinski definition) is 3. The summed E-state index contributed by atoms with van der Waals surface area (Å²) in [5.41, 5.74) is 0.769. The first-order valence-corrected chi connectivity index (χ1v) is 5.96. The van der Waals surface area contributed by atoms with Crippen molar-refractivity contribution in [1.29, 1.82) is 0 Å². The van der Waals surface area contributed by atoms with E-state index in [1.54, 1.807) is 19.3 Å². The zero-order valence-electron chi connectivity index (χ0n) is 9.89. The van der Waals surface area contributed by atoms with E-state index in [-0.39, 0.29) is 0 Å². The van der Waals surface area contributed by atoms with Crippen LogP contribution in [0, 0.1) is 0 Å². The lowest BCUT2D eigenvalue weighted by molar-refractivity contribution is -0.137. The molecule has 0 bridgehead atoms. The van der Waals surface area contributed by atoms with Crippen LogP contribution in [0.4, 0.5) is 0 Å². The highest BCUT2D eigenvalue weighted by molar-refractivity contribution is 6.50. The Morgan fingerprint density at radius 3 is 3.00 bits per heavy atom. The van der Waals surface area contributed by atoms with Gasteiger partial charge >= 0.3 is 5.97 Å². The summed E-state index contributed by atoms with van der Waals surface area (Å²) in [4.78, 5) is 15.3. The van der Waals surface area contributed by atoms with Crippen LogP contribution in [0.1, 0.15) is 12.5 Å². The summed E-state index contributed by atoms with van der Waals surface area (Å²) in [5.74, 6) is -0.436. The van der Waals surface area contributed by atoms with E-state index in [0.717, 1.165) is 16.3 Å². The van der Waals surface area contributed by atoms with E-state index in [4.69, 9.17) is 16.3 Å². The van der Waals surface area contributed by atoms with Crippen molar-refractivity contribution in [3.8, 4) is 0 Å². The standard InChI is InChI=1S/C14H12ClNO2/c1-2-18-14(17)8-13(15)11-4-3-10-5-6-16-9-12(10)7-11/h3-9H,2H2,1H3/b13-8+. The summed E-state index contributed by atoms with van der Waals surface area (Å²) in [7, 11) is 0. The fourth-order valence-electron chi connectivity index (χ4n) is 1.60. The van der Waals surface area contributed by atoms with Gasteiger partial charge in [-0.25, -0.2) is 4.79 Å². The van der Waals surface area contributed by atoms with Gasteiger partial charge in [-0.2, -0.15) is 0 Å². The lowest BCUT2D eigenvalue weighted by Gasteiger charge is -2.02. The van der Waals surface area contributed by atoms with Crippen LogP contribution >= 0.6 is 11.6 Å². The molecule has 1 heterocycles. The summed E-state index contributed by atoms with van der Waals surface area (Å²) in [6, 6.07) is 7.61. The minimum Gasteiger partial charge on any atom is -0.463 e. The number of fused-ring (bicyclic) bond motifs is 1. The van der Waals surface area contributed by atoms with E-state index in [2.05, 4.69) is 4.98 Å². The smallest absolute Gasteiger partial charge is 0.332 e. The Morgan fingerprint density at radius 2 is 2.22 bits per heavy atom. The second-order valence-electron chi connectivity index (χ2n) is 3.68. The van der Waals surface area contributed by atoms with Crippen molar-refractivity contribution in [3.63, 3.8) is 0 Å². The van der Waals surface area contributed by atoms with Crippen molar-refractivity contribution in [1.82, 2.24) is 4.98 Å². The minimum atomic E-state index is -0.436. The Bertz CT molecular complexity index is 608. The van der Waals surface area contributed by atoms with Crippen molar-refractivity contribution in [2.24, 2.45) is 0 Å². The molecule has 2 aromatic rings. The van der Waals surface area contributed by atoms with Crippen LogP contribution in [0.25, 0.3) is 15.8 Å². The fraction of sp³-hybridized carbons (Fsp3) is 0.143. The number of rotatable bonds is 3. The number of hydrogen-bond donors (Lipinski definition) is 0. The van der Waals surface area contributed by atoms with Crippen LogP contribution in [-0.4, -0.2) is 17.6 Å². The number of aromatic nitrogens is 1. The monoisotopic (exact) mass is 261 g/mol. The molecule has 0 fully saturated rings.